The van der Waals surface area contributed by atoms with Gasteiger partial charge in [0.2, 0.25) is 0 Å². The van der Waals surface area contributed by atoms with E-state index in [2.05, 4.69) is 5.32 Å². The molecule has 1 aliphatic heterocycles. The van der Waals surface area contributed by atoms with Gasteiger partial charge in [0.05, 0.1) is 24.1 Å². The van der Waals surface area contributed by atoms with E-state index in [1.807, 2.05) is 6.07 Å². The molecule has 0 bridgehead atoms. The number of nitro groups is 1. The van der Waals surface area contributed by atoms with Crippen LogP contribution in [-0.4, -0.2) is 48.6 Å². The summed E-state index contributed by atoms with van der Waals surface area (Å²) in [5.74, 6) is -0.470. The number of carbonyl (C=O) groups is 1. The van der Waals surface area contributed by atoms with Crippen molar-refractivity contribution in [2.45, 2.75) is 6.10 Å². The van der Waals surface area contributed by atoms with Crippen molar-refractivity contribution < 1.29 is 14.5 Å². The Balaban J connectivity index is 2.33. The Hall–Kier alpha value is -2.66. The summed E-state index contributed by atoms with van der Waals surface area (Å²) in [7, 11) is 1.66. The van der Waals surface area contributed by atoms with Crippen LogP contribution in [0, 0.1) is 21.4 Å². The van der Waals surface area contributed by atoms with Gasteiger partial charge in [-0.1, -0.05) is 0 Å². The fourth-order valence-corrected chi connectivity index (χ4v) is 2.10. The zero-order valence-corrected chi connectivity index (χ0v) is 11.4. The maximum Gasteiger partial charge on any atom is 0.282 e. The Labute approximate surface area is 121 Å². The summed E-state index contributed by atoms with van der Waals surface area (Å²) in [5.41, 5.74) is 0.360. The first-order valence-electron chi connectivity index (χ1n) is 6.33. The summed E-state index contributed by atoms with van der Waals surface area (Å²) in [6, 6.07) is 6.21. The third-order valence-electron chi connectivity index (χ3n) is 3.21. The van der Waals surface area contributed by atoms with E-state index in [-0.39, 0.29) is 24.4 Å². The lowest BCUT2D eigenvalue weighted by Crippen LogP contribution is -2.45. The van der Waals surface area contributed by atoms with Gasteiger partial charge in [-0.15, -0.1) is 0 Å². The Bertz CT molecular complexity index is 611. The van der Waals surface area contributed by atoms with E-state index in [4.69, 9.17) is 10.00 Å². The molecule has 110 valence electrons. The molecule has 2 rings (SSSR count). The zero-order chi connectivity index (χ0) is 15.4. The summed E-state index contributed by atoms with van der Waals surface area (Å²) in [4.78, 5) is 24.4. The predicted molar refractivity (Wildman–Crippen MR) is 73.9 cm³/mol. The molecule has 1 atom stereocenters. The van der Waals surface area contributed by atoms with E-state index in [0.717, 1.165) is 0 Å². The van der Waals surface area contributed by atoms with Crippen LogP contribution in [0.2, 0.25) is 0 Å². The maximum atomic E-state index is 12.5. The highest BCUT2D eigenvalue weighted by atomic mass is 16.6. The van der Waals surface area contributed by atoms with Crippen LogP contribution in [0.1, 0.15) is 10.4 Å². The SMILES string of the molecule is CNc1ccc([N+](=O)[O-])c(C(=O)N2CCOC(C#N)C2)c1. The summed E-state index contributed by atoms with van der Waals surface area (Å²) >= 11 is 0. The van der Waals surface area contributed by atoms with Gasteiger partial charge in [0.1, 0.15) is 5.56 Å². The first-order chi connectivity index (χ1) is 10.1. The van der Waals surface area contributed by atoms with Crippen LogP contribution in [0.4, 0.5) is 11.4 Å². The van der Waals surface area contributed by atoms with E-state index in [1.54, 1.807) is 7.05 Å². The number of nitro benzene ring substituents is 1. The largest absolute Gasteiger partial charge is 0.388 e. The van der Waals surface area contributed by atoms with E-state index >= 15 is 0 Å². The fraction of sp³-hybridized carbons (Fsp3) is 0.385. The number of ether oxygens (including phenoxy) is 1. The van der Waals surface area contributed by atoms with Gasteiger partial charge in [0.25, 0.3) is 11.6 Å². The van der Waals surface area contributed by atoms with E-state index in [0.29, 0.717) is 12.2 Å². The van der Waals surface area contributed by atoms with Gasteiger partial charge in [-0.2, -0.15) is 5.26 Å². The molecule has 8 nitrogen and oxygen atoms in total. The van der Waals surface area contributed by atoms with Gasteiger partial charge >= 0.3 is 0 Å². The number of amides is 1. The minimum Gasteiger partial charge on any atom is -0.388 e. The second kappa shape index (κ2) is 6.19. The van der Waals surface area contributed by atoms with E-state index in [1.165, 1.54) is 23.1 Å². The number of carbonyl (C=O) groups excluding carboxylic acids is 1. The molecule has 1 unspecified atom stereocenters. The minimum absolute atomic E-state index is 0.00504. The Kier molecular flexibility index (Phi) is 4.35. The van der Waals surface area contributed by atoms with Crippen molar-refractivity contribution in [2.24, 2.45) is 0 Å². The van der Waals surface area contributed by atoms with Crippen LogP contribution < -0.4 is 5.32 Å². The number of anilines is 1. The normalized spacial score (nSPS) is 17.9. The standard InChI is InChI=1S/C13H14N4O4/c1-15-9-2-3-12(17(19)20)11(6-9)13(18)16-4-5-21-10(7-14)8-16/h2-3,6,10,15H,4-5,8H2,1H3. The smallest absolute Gasteiger partial charge is 0.282 e. The van der Waals surface area contributed by atoms with E-state index < -0.39 is 16.9 Å². The van der Waals surface area contributed by atoms with Gasteiger partial charge < -0.3 is 15.0 Å². The van der Waals surface area contributed by atoms with Crippen LogP contribution in [0.5, 0.6) is 0 Å². The molecule has 1 aromatic carbocycles. The van der Waals surface area contributed by atoms with Crippen molar-refractivity contribution >= 4 is 17.3 Å². The Morgan fingerprint density at radius 2 is 2.38 bits per heavy atom. The number of morpholine rings is 1. The molecule has 8 heteroatoms. The molecule has 1 aliphatic rings. The monoisotopic (exact) mass is 290 g/mol. The van der Waals surface area contributed by atoms with Gasteiger partial charge in [-0.3, -0.25) is 14.9 Å². The van der Waals surface area contributed by atoms with Crippen molar-refractivity contribution in [3.8, 4) is 6.07 Å². The molecule has 0 spiro atoms. The zero-order valence-electron chi connectivity index (χ0n) is 11.4. The summed E-state index contributed by atoms with van der Waals surface area (Å²) in [6.45, 7) is 0.650. The molecule has 1 heterocycles. The minimum atomic E-state index is -0.700. The van der Waals surface area contributed by atoms with Crippen molar-refractivity contribution in [1.29, 1.82) is 5.26 Å². The number of hydrogen-bond acceptors (Lipinski definition) is 6. The molecule has 1 amide bonds. The second-order valence-electron chi connectivity index (χ2n) is 4.48. The molecule has 0 radical (unpaired) electrons. The topological polar surface area (TPSA) is 108 Å². The molecule has 1 saturated heterocycles. The molecule has 1 N–H and O–H groups in total. The summed E-state index contributed by atoms with van der Waals surface area (Å²) in [6.07, 6.45) is -0.700. The van der Waals surface area contributed by atoms with Crippen LogP contribution in [0.3, 0.4) is 0 Å². The second-order valence-corrected chi connectivity index (χ2v) is 4.48. The predicted octanol–water partition coefficient (Wildman–Crippen LogP) is 1.00. The summed E-state index contributed by atoms with van der Waals surface area (Å²) in [5, 5.41) is 22.8. The quantitative estimate of drug-likeness (QED) is 0.657. The molecular formula is C13H14N4O4. The first-order valence-corrected chi connectivity index (χ1v) is 6.33. The van der Waals surface area contributed by atoms with Gasteiger partial charge in [-0.25, -0.2) is 0 Å². The van der Waals surface area contributed by atoms with Crippen LogP contribution >= 0.6 is 0 Å². The molecule has 0 aromatic heterocycles. The average molecular weight is 290 g/mol. The van der Waals surface area contributed by atoms with Gasteiger partial charge in [0.15, 0.2) is 6.10 Å². The van der Waals surface area contributed by atoms with Gasteiger partial charge in [0, 0.05) is 25.3 Å². The molecule has 0 saturated carbocycles. The maximum absolute atomic E-state index is 12.5. The number of benzene rings is 1. The third-order valence-corrected chi connectivity index (χ3v) is 3.21. The third kappa shape index (κ3) is 3.09. The average Bonchev–Trinajstić information content (AvgIpc) is 2.53. The summed E-state index contributed by atoms with van der Waals surface area (Å²) < 4.78 is 5.16. The van der Waals surface area contributed by atoms with E-state index in [9.17, 15) is 14.9 Å². The molecule has 0 aliphatic carbocycles. The highest BCUT2D eigenvalue weighted by molar-refractivity contribution is 5.99. The van der Waals surface area contributed by atoms with Crippen LogP contribution in [0.15, 0.2) is 18.2 Å². The lowest BCUT2D eigenvalue weighted by molar-refractivity contribution is -0.385. The molecule has 21 heavy (non-hydrogen) atoms. The van der Waals surface area contributed by atoms with Crippen molar-refractivity contribution in [3.05, 3.63) is 33.9 Å². The number of nitrogens with one attached hydrogen (secondary N) is 1. The number of nitriles is 1. The Morgan fingerprint density at radius 1 is 1.62 bits per heavy atom. The first kappa shape index (κ1) is 14.7. The van der Waals surface area contributed by atoms with Crippen molar-refractivity contribution in [3.63, 3.8) is 0 Å². The highest BCUT2D eigenvalue weighted by Crippen LogP contribution is 2.24. The number of nitrogens with zero attached hydrogens (tertiary/aromatic N) is 3. The number of hydrogen-bond donors (Lipinski definition) is 1. The number of rotatable bonds is 3. The van der Waals surface area contributed by atoms with Crippen LogP contribution in [-0.2, 0) is 4.74 Å². The van der Waals surface area contributed by atoms with Crippen LogP contribution in [0.25, 0.3) is 0 Å². The Morgan fingerprint density at radius 3 is 3.00 bits per heavy atom. The molecular weight excluding hydrogens is 276 g/mol. The fourth-order valence-electron chi connectivity index (χ4n) is 2.10. The van der Waals surface area contributed by atoms with Crippen molar-refractivity contribution in [2.75, 3.05) is 32.1 Å². The lowest BCUT2D eigenvalue weighted by Gasteiger charge is -2.29. The van der Waals surface area contributed by atoms with Gasteiger partial charge in [-0.05, 0) is 12.1 Å². The molecule has 1 fully saturated rings. The molecule has 1 aromatic rings. The highest BCUT2D eigenvalue weighted by Gasteiger charge is 2.29. The van der Waals surface area contributed by atoms with Crippen molar-refractivity contribution in [1.82, 2.24) is 4.90 Å². The lowest BCUT2D eigenvalue weighted by atomic mass is 10.1.